The SMILES string of the molecule is CC(CC(=O)Nc1ncc(Br)cc1Br)=Nc1ncc(Br)cc1Br. The molecule has 120 valence electrons. The molecule has 0 saturated heterocycles. The van der Waals surface area contributed by atoms with Crippen molar-refractivity contribution in [3.63, 3.8) is 0 Å². The van der Waals surface area contributed by atoms with Crippen LogP contribution in [0.3, 0.4) is 0 Å². The summed E-state index contributed by atoms with van der Waals surface area (Å²) in [7, 11) is 0. The molecular formula is C14H10Br4N4O. The van der Waals surface area contributed by atoms with E-state index < -0.39 is 0 Å². The predicted molar refractivity (Wildman–Crippen MR) is 105 cm³/mol. The minimum absolute atomic E-state index is 0.147. The van der Waals surface area contributed by atoms with E-state index >= 15 is 0 Å². The molecule has 0 fully saturated rings. The minimum Gasteiger partial charge on any atom is -0.309 e. The number of pyridine rings is 2. The van der Waals surface area contributed by atoms with Crippen LogP contribution in [0, 0.1) is 0 Å². The van der Waals surface area contributed by atoms with Crippen LogP contribution >= 0.6 is 63.7 Å². The first-order chi connectivity index (χ1) is 10.8. The third-order valence-electron chi connectivity index (χ3n) is 2.57. The number of carbonyl (C=O) groups excluding carboxylic acids is 1. The molecule has 23 heavy (non-hydrogen) atoms. The highest BCUT2D eigenvalue weighted by Gasteiger charge is 2.10. The maximum atomic E-state index is 12.1. The first kappa shape index (κ1) is 18.7. The highest BCUT2D eigenvalue weighted by molar-refractivity contribution is 9.11. The molecule has 0 unspecified atom stereocenters. The smallest absolute Gasteiger partial charge is 0.231 e. The van der Waals surface area contributed by atoms with Gasteiger partial charge >= 0.3 is 0 Å². The molecular weight excluding hydrogens is 560 g/mol. The van der Waals surface area contributed by atoms with E-state index in [4.69, 9.17) is 0 Å². The second kappa shape index (κ2) is 8.46. The summed E-state index contributed by atoms with van der Waals surface area (Å²) in [6.45, 7) is 1.78. The number of aliphatic imine (C=N–C) groups is 1. The zero-order valence-corrected chi connectivity index (χ0v) is 18.1. The predicted octanol–water partition coefficient (Wildman–Crippen LogP) is 5.65. The standard InChI is InChI=1S/C14H10Br4N4O/c1-7(21-13-10(17)3-8(15)5-19-13)2-12(23)22-14-11(18)4-9(16)6-20-14/h3-6H,2H2,1H3,(H,20,22,23). The van der Waals surface area contributed by atoms with Crippen LogP contribution in [0.15, 0.2) is 47.4 Å². The van der Waals surface area contributed by atoms with Crippen LogP contribution in [-0.4, -0.2) is 21.6 Å². The molecule has 0 saturated carbocycles. The van der Waals surface area contributed by atoms with Crippen LogP contribution in [-0.2, 0) is 4.79 Å². The minimum atomic E-state index is -0.199. The van der Waals surface area contributed by atoms with Gasteiger partial charge in [0.1, 0.15) is 5.82 Å². The molecule has 0 atom stereocenters. The Morgan fingerprint density at radius 2 is 1.70 bits per heavy atom. The van der Waals surface area contributed by atoms with E-state index in [1.165, 1.54) is 0 Å². The lowest BCUT2D eigenvalue weighted by Gasteiger charge is -2.07. The largest absolute Gasteiger partial charge is 0.309 e. The second-order valence-electron chi connectivity index (χ2n) is 4.51. The van der Waals surface area contributed by atoms with E-state index in [9.17, 15) is 4.79 Å². The zero-order chi connectivity index (χ0) is 17.0. The van der Waals surface area contributed by atoms with E-state index in [2.05, 4.69) is 84.0 Å². The summed E-state index contributed by atoms with van der Waals surface area (Å²) in [4.78, 5) is 24.8. The van der Waals surface area contributed by atoms with Crippen molar-refractivity contribution < 1.29 is 4.79 Å². The Hall–Kier alpha value is -0.640. The fourth-order valence-corrected chi connectivity index (χ4v) is 3.79. The quantitative estimate of drug-likeness (QED) is 0.484. The van der Waals surface area contributed by atoms with Crippen molar-refractivity contribution in [1.29, 1.82) is 0 Å². The molecule has 0 radical (unpaired) electrons. The molecule has 2 aromatic rings. The van der Waals surface area contributed by atoms with Crippen molar-refractivity contribution in [3.8, 4) is 0 Å². The molecule has 9 heteroatoms. The Bertz CT molecular complexity index is 779. The molecule has 5 nitrogen and oxygen atoms in total. The first-order valence-electron chi connectivity index (χ1n) is 6.31. The normalized spacial score (nSPS) is 11.4. The number of amides is 1. The van der Waals surface area contributed by atoms with Crippen LogP contribution < -0.4 is 5.32 Å². The average molecular weight is 570 g/mol. The van der Waals surface area contributed by atoms with E-state index in [1.807, 2.05) is 12.1 Å². The van der Waals surface area contributed by atoms with Crippen molar-refractivity contribution in [3.05, 3.63) is 42.4 Å². The highest BCUT2D eigenvalue weighted by atomic mass is 79.9. The monoisotopic (exact) mass is 566 g/mol. The van der Waals surface area contributed by atoms with Gasteiger partial charge in [0.15, 0.2) is 5.82 Å². The maximum absolute atomic E-state index is 12.1. The fourth-order valence-electron chi connectivity index (χ4n) is 1.63. The van der Waals surface area contributed by atoms with Crippen LogP contribution in [0.4, 0.5) is 11.6 Å². The number of hydrogen-bond acceptors (Lipinski definition) is 4. The van der Waals surface area contributed by atoms with Crippen molar-refractivity contribution in [2.24, 2.45) is 4.99 Å². The number of nitrogens with zero attached hydrogens (tertiary/aromatic N) is 3. The Balaban J connectivity index is 2.05. The van der Waals surface area contributed by atoms with Gasteiger partial charge in [-0.3, -0.25) is 4.79 Å². The van der Waals surface area contributed by atoms with E-state index in [1.54, 1.807) is 19.3 Å². The van der Waals surface area contributed by atoms with Gasteiger partial charge < -0.3 is 5.32 Å². The van der Waals surface area contributed by atoms with Gasteiger partial charge in [-0.05, 0) is 82.8 Å². The van der Waals surface area contributed by atoms with Gasteiger partial charge in [0.05, 0.1) is 15.4 Å². The summed E-state index contributed by atoms with van der Waals surface area (Å²) < 4.78 is 3.13. The maximum Gasteiger partial charge on any atom is 0.231 e. The molecule has 0 aliphatic carbocycles. The van der Waals surface area contributed by atoms with Gasteiger partial charge in [-0.1, -0.05) is 0 Å². The summed E-state index contributed by atoms with van der Waals surface area (Å²) in [6.07, 6.45) is 3.42. The zero-order valence-electron chi connectivity index (χ0n) is 11.8. The topological polar surface area (TPSA) is 67.2 Å². The summed E-state index contributed by atoms with van der Waals surface area (Å²) in [5, 5.41) is 2.74. The molecule has 0 bridgehead atoms. The third-order valence-corrected chi connectivity index (χ3v) is 4.62. The fraction of sp³-hybridized carbons (Fsp3) is 0.143. The molecule has 1 amide bonds. The Morgan fingerprint density at radius 1 is 1.09 bits per heavy atom. The number of nitrogens with one attached hydrogen (secondary N) is 1. The van der Waals surface area contributed by atoms with Gasteiger partial charge in [-0.15, -0.1) is 0 Å². The number of anilines is 1. The summed E-state index contributed by atoms with van der Waals surface area (Å²) >= 11 is 13.4. The van der Waals surface area contributed by atoms with Gasteiger partial charge in [0.25, 0.3) is 0 Å². The highest BCUT2D eigenvalue weighted by Crippen LogP contribution is 2.26. The van der Waals surface area contributed by atoms with Crippen molar-refractivity contribution >= 4 is 87.0 Å². The molecule has 0 spiro atoms. The second-order valence-corrected chi connectivity index (χ2v) is 8.05. The van der Waals surface area contributed by atoms with Crippen LogP contribution in [0.5, 0.6) is 0 Å². The Labute approximate surface area is 166 Å². The summed E-state index contributed by atoms with van der Waals surface area (Å²) in [5.74, 6) is 0.797. The van der Waals surface area contributed by atoms with Crippen LogP contribution in [0.2, 0.25) is 0 Å². The van der Waals surface area contributed by atoms with Crippen molar-refractivity contribution in [2.75, 3.05) is 5.32 Å². The van der Waals surface area contributed by atoms with E-state index in [0.29, 0.717) is 21.8 Å². The molecule has 1 N–H and O–H groups in total. The van der Waals surface area contributed by atoms with Gasteiger partial charge in [0, 0.05) is 27.1 Å². The molecule has 0 aliphatic rings. The lowest BCUT2D eigenvalue weighted by atomic mass is 10.3. The van der Waals surface area contributed by atoms with Gasteiger partial charge in [-0.2, -0.15) is 0 Å². The molecule has 2 aromatic heterocycles. The Morgan fingerprint density at radius 3 is 2.30 bits per heavy atom. The van der Waals surface area contributed by atoms with E-state index in [0.717, 1.165) is 13.4 Å². The first-order valence-corrected chi connectivity index (χ1v) is 9.48. The van der Waals surface area contributed by atoms with Gasteiger partial charge in [0.2, 0.25) is 5.91 Å². The lowest BCUT2D eigenvalue weighted by Crippen LogP contribution is -2.16. The van der Waals surface area contributed by atoms with E-state index in [-0.39, 0.29) is 12.3 Å². The molecule has 0 aliphatic heterocycles. The number of carbonyl (C=O) groups is 1. The van der Waals surface area contributed by atoms with Gasteiger partial charge in [-0.25, -0.2) is 15.0 Å². The molecule has 2 heterocycles. The summed E-state index contributed by atoms with van der Waals surface area (Å²) in [6, 6.07) is 3.66. The number of aromatic nitrogens is 2. The number of hydrogen-bond donors (Lipinski definition) is 1. The van der Waals surface area contributed by atoms with Crippen LogP contribution in [0.1, 0.15) is 13.3 Å². The number of halogens is 4. The Kier molecular flexibility index (Phi) is 6.87. The van der Waals surface area contributed by atoms with Crippen molar-refractivity contribution in [1.82, 2.24) is 9.97 Å². The van der Waals surface area contributed by atoms with Crippen molar-refractivity contribution in [2.45, 2.75) is 13.3 Å². The molecule has 0 aromatic carbocycles. The molecule has 2 rings (SSSR count). The van der Waals surface area contributed by atoms with Crippen LogP contribution in [0.25, 0.3) is 0 Å². The lowest BCUT2D eigenvalue weighted by molar-refractivity contribution is -0.115. The number of rotatable bonds is 4. The average Bonchev–Trinajstić information content (AvgIpc) is 2.45. The third kappa shape index (κ3) is 5.74. The summed E-state index contributed by atoms with van der Waals surface area (Å²) in [5.41, 5.74) is 0.645.